The molecule has 0 N–H and O–H groups in total. The van der Waals surface area contributed by atoms with Crippen molar-refractivity contribution in [1.29, 1.82) is 0 Å². The molecule has 0 unspecified atom stereocenters. The van der Waals surface area contributed by atoms with E-state index in [1.165, 1.54) is 5.39 Å². The Bertz CT molecular complexity index is 588. The van der Waals surface area contributed by atoms with E-state index in [1.54, 1.807) is 17.5 Å². The highest BCUT2D eigenvalue weighted by atomic mass is 32.1. The summed E-state index contributed by atoms with van der Waals surface area (Å²) in [5.41, 5.74) is 0.948. The first-order valence-electron chi connectivity index (χ1n) is 5.68. The third-order valence-electron chi connectivity index (χ3n) is 2.28. The van der Waals surface area contributed by atoms with Crippen LogP contribution < -0.4 is 0 Å². The van der Waals surface area contributed by atoms with Gasteiger partial charge in [0.15, 0.2) is 0 Å². The number of pyridine rings is 1. The Morgan fingerprint density at radius 1 is 1.00 bits per heavy atom. The monoisotopic (exact) mass is 242 g/mol. The van der Waals surface area contributed by atoms with Gasteiger partial charge in [0.05, 0.1) is 5.69 Å². The average Bonchev–Trinajstić information content (AvgIpc) is 2.94. The number of nitrogens with zero attached hydrogens (tertiary/aromatic N) is 2. The highest BCUT2D eigenvalue weighted by Gasteiger charge is 2.02. The molecule has 0 aliphatic heterocycles. The van der Waals surface area contributed by atoms with Crippen molar-refractivity contribution < 1.29 is 0 Å². The van der Waals surface area contributed by atoms with Gasteiger partial charge in [0, 0.05) is 23.2 Å². The molecule has 0 radical (unpaired) electrons. The van der Waals surface area contributed by atoms with Gasteiger partial charge < -0.3 is 0 Å². The van der Waals surface area contributed by atoms with E-state index in [4.69, 9.17) is 0 Å². The van der Waals surface area contributed by atoms with Gasteiger partial charge in [-0.3, -0.25) is 4.98 Å². The molecule has 3 aromatic rings. The summed E-state index contributed by atoms with van der Waals surface area (Å²) >= 11 is 1.61. The lowest BCUT2D eigenvalue weighted by Gasteiger charge is -1.99. The lowest BCUT2D eigenvalue weighted by molar-refractivity contribution is 1.31. The van der Waals surface area contributed by atoms with Crippen LogP contribution in [-0.4, -0.2) is 9.97 Å². The quantitative estimate of drug-likeness (QED) is 0.632. The summed E-state index contributed by atoms with van der Waals surface area (Å²) in [4.78, 5) is 8.65. The molecule has 3 rings (SSSR count). The van der Waals surface area contributed by atoms with Crippen molar-refractivity contribution in [1.82, 2.24) is 9.97 Å². The Balaban J connectivity index is 0.000000514. The molecule has 0 amide bonds. The van der Waals surface area contributed by atoms with E-state index in [0.29, 0.717) is 0 Å². The highest BCUT2D eigenvalue weighted by molar-refractivity contribution is 7.13. The van der Waals surface area contributed by atoms with Crippen molar-refractivity contribution in [2.75, 3.05) is 0 Å². The summed E-state index contributed by atoms with van der Waals surface area (Å²) in [5.74, 6) is 0. The normalized spacial score (nSPS) is 9.76. The summed E-state index contributed by atoms with van der Waals surface area (Å²) in [6, 6.07) is 10.3. The molecule has 0 bridgehead atoms. The van der Waals surface area contributed by atoms with Crippen LogP contribution in [-0.2, 0) is 0 Å². The number of aromatic nitrogens is 2. The maximum atomic E-state index is 4.40. The second kappa shape index (κ2) is 5.55. The lowest BCUT2D eigenvalue weighted by Crippen LogP contribution is -1.82. The number of benzene rings is 1. The summed E-state index contributed by atoms with van der Waals surface area (Å²) in [5, 5.41) is 5.31. The number of hydrogen-bond donors (Lipinski definition) is 0. The average molecular weight is 242 g/mol. The van der Waals surface area contributed by atoms with Crippen LogP contribution in [0.2, 0.25) is 0 Å². The zero-order chi connectivity index (χ0) is 12.1. The molecule has 3 heteroatoms. The van der Waals surface area contributed by atoms with E-state index >= 15 is 0 Å². The van der Waals surface area contributed by atoms with Gasteiger partial charge >= 0.3 is 0 Å². The van der Waals surface area contributed by atoms with Crippen molar-refractivity contribution in [2.24, 2.45) is 0 Å². The standard InChI is InChI=1S/C12H8N2S.C2H6/c1-2-4-10-8-14-11(7-9(10)3-1)12-13-5-6-15-12;1-2/h1-8H;1-2H3. The first-order chi connectivity index (χ1) is 8.43. The van der Waals surface area contributed by atoms with Gasteiger partial charge in [0.1, 0.15) is 5.01 Å². The Morgan fingerprint density at radius 2 is 1.76 bits per heavy atom. The Labute approximate surface area is 105 Å². The van der Waals surface area contributed by atoms with E-state index in [1.807, 2.05) is 37.6 Å². The van der Waals surface area contributed by atoms with Crippen LogP contribution in [0.15, 0.2) is 48.1 Å². The fourth-order valence-corrected chi connectivity index (χ4v) is 2.16. The highest BCUT2D eigenvalue weighted by Crippen LogP contribution is 2.23. The second-order valence-corrected chi connectivity index (χ2v) is 4.15. The van der Waals surface area contributed by atoms with E-state index < -0.39 is 0 Å². The zero-order valence-electron chi connectivity index (χ0n) is 9.92. The van der Waals surface area contributed by atoms with E-state index in [9.17, 15) is 0 Å². The number of thiazole rings is 1. The second-order valence-electron chi connectivity index (χ2n) is 3.25. The Morgan fingerprint density at radius 3 is 2.47 bits per heavy atom. The van der Waals surface area contributed by atoms with Gasteiger partial charge in [-0.25, -0.2) is 4.98 Å². The van der Waals surface area contributed by atoms with Crippen molar-refractivity contribution in [3.63, 3.8) is 0 Å². The van der Waals surface area contributed by atoms with E-state index in [2.05, 4.69) is 28.2 Å². The van der Waals surface area contributed by atoms with Gasteiger partial charge in [-0.15, -0.1) is 11.3 Å². The van der Waals surface area contributed by atoms with Crippen LogP contribution in [0.5, 0.6) is 0 Å². The van der Waals surface area contributed by atoms with Crippen LogP contribution in [0.1, 0.15) is 13.8 Å². The molecule has 0 fully saturated rings. The van der Waals surface area contributed by atoms with Crippen LogP contribution in [0.3, 0.4) is 0 Å². The maximum absolute atomic E-state index is 4.40. The first kappa shape index (κ1) is 11.7. The lowest BCUT2D eigenvalue weighted by atomic mass is 10.1. The molecule has 2 aromatic heterocycles. The smallest absolute Gasteiger partial charge is 0.141 e. The molecule has 2 nitrogen and oxygen atoms in total. The molecular weight excluding hydrogens is 228 g/mol. The fourth-order valence-electron chi connectivity index (χ4n) is 1.55. The van der Waals surface area contributed by atoms with Gasteiger partial charge in [0.2, 0.25) is 0 Å². The summed E-state index contributed by atoms with van der Waals surface area (Å²) in [7, 11) is 0. The molecule has 1 aromatic carbocycles. The Kier molecular flexibility index (Phi) is 3.83. The van der Waals surface area contributed by atoms with Gasteiger partial charge in [-0.1, -0.05) is 38.1 Å². The molecule has 17 heavy (non-hydrogen) atoms. The zero-order valence-corrected chi connectivity index (χ0v) is 10.7. The molecule has 0 aliphatic rings. The SMILES string of the molecule is CC.c1ccc2cc(-c3nccs3)ncc2c1. The number of rotatable bonds is 1. The molecule has 86 valence electrons. The molecular formula is C14H14N2S. The minimum Gasteiger partial charge on any atom is -0.253 e. The van der Waals surface area contributed by atoms with E-state index in [0.717, 1.165) is 16.1 Å². The molecule has 0 aliphatic carbocycles. The number of hydrogen-bond acceptors (Lipinski definition) is 3. The van der Waals surface area contributed by atoms with Crippen molar-refractivity contribution >= 4 is 22.1 Å². The molecule has 2 heterocycles. The van der Waals surface area contributed by atoms with Crippen molar-refractivity contribution in [2.45, 2.75) is 13.8 Å². The van der Waals surface area contributed by atoms with Gasteiger partial charge in [0.25, 0.3) is 0 Å². The van der Waals surface area contributed by atoms with Crippen molar-refractivity contribution in [3.05, 3.63) is 48.1 Å². The van der Waals surface area contributed by atoms with Crippen LogP contribution in [0.25, 0.3) is 21.5 Å². The predicted octanol–water partition coefficient (Wildman–Crippen LogP) is 4.38. The minimum absolute atomic E-state index is 0.948. The predicted molar refractivity (Wildman–Crippen MR) is 74.2 cm³/mol. The third kappa shape index (κ3) is 2.50. The van der Waals surface area contributed by atoms with E-state index in [-0.39, 0.29) is 0 Å². The summed E-state index contributed by atoms with van der Waals surface area (Å²) < 4.78 is 0. The molecule has 0 spiro atoms. The van der Waals surface area contributed by atoms with Gasteiger partial charge in [-0.2, -0.15) is 0 Å². The molecule has 0 atom stereocenters. The van der Waals surface area contributed by atoms with Crippen LogP contribution >= 0.6 is 11.3 Å². The maximum Gasteiger partial charge on any atom is 0.141 e. The summed E-state index contributed by atoms with van der Waals surface area (Å²) in [6.45, 7) is 4.00. The first-order valence-corrected chi connectivity index (χ1v) is 6.56. The van der Waals surface area contributed by atoms with Crippen LogP contribution in [0.4, 0.5) is 0 Å². The molecule has 0 saturated heterocycles. The fraction of sp³-hybridized carbons (Fsp3) is 0.143. The Hall–Kier alpha value is -1.74. The molecule has 0 saturated carbocycles. The summed E-state index contributed by atoms with van der Waals surface area (Å²) in [6.07, 6.45) is 3.70. The van der Waals surface area contributed by atoms with Gasteiger partial charge in [-0.05, 0) is 11.5 Å². The largest absolute Gasteiger partial charge is 0.253 e. The topological polar surface area (TPSA) is 25.8 Å². The third-order valence-corrected chi connectivity index (χ3v) is 3.08. The number of fused-ring (bicyclic) bond motifs is 1. The van der Waals surface area contributed by atoms with Crippen molar-refractivity contribution in [3.8, 4) is 10.7 Å². The minimum atomic E-state index is 0.948. The van der Waals surface area contributed by atoms with Crippen LogP contribution in [0, 0.1) is 0 Å².